The summed E-state index contributed by atoms with van der Waals surface area (Å²) in [5, 5.41) is 165. The second-order valence-electron chi connectivity index (χ2n) is 35.1. The topological polar surface area (TPSA) is 425 Å². The largest absolute Gasteiger partial charge is 0.508 e. The number of carbonyl (C=O) groups is 1. The lowest BCUT2D eigenvalue weighted by atomic mass is 9.65. The molecule has 19 aromatic carbocycles. The zero-order valence-electron chi connectivity index (χ0n) is 81.7. The molecule has 0 atom stereocenters. The lowest BCUT2D eigenvalue weighted by Crippen LogP contribution is -2.30. The van der Waals surface area contributed by atoms with E-state index in [4.69, 9.17) is 66.0 Å². The van der Waals surface area contributed by atoms with Gasteiger partial charge in [-0.05, 0) is 401 Å². The fraction of sp³-hybridized carbons (Fsp3) is 0.0787. The Bertz CT molecular complexity index is 7070. The van der Waals surface area contributed by atoms with E-state index in [0.29, 0.717) is 34.1 Å². The van der Waals surface area contributed by atoms with Gasteiger partial charge in [-0.15, -0.1) is 0 Å². The van der Waals surface area contributed by atoms with Crippen molar-refractivity contribution in [2.45, 2.75) is 73.0 Å². The molecule has 0 spiro atoms. The summed E-state index contributed by atoms with van der Waals surface area (Å²) >= 11 is 0. The van der Waals surface area contributed by atoms with Crippen molar-refractivity contribution in [1.29, 1.82) is 0 Å². The summed E-state index contributed by atoms with van der Waals surface area (Å²) in [7, 11) is -3.59. The summed E-state index contributed by atoms with van der Waals surface area (Å²) in [6.45, 7) is 4.23. The first-order valence-corrected chi connectivity index (χ1v) is 48.9. The fourth-order valence-electron chi connectivity index (χ4n) is 15.5. The molecule has 23 heteroatoms. The molecule has 20 rings (SSSR count). The van der Waals surface area contributed by atoms with Crippen LogP contribution in [-0.2, 0) is 27.1 Å². The van der Waals surface area contributed by atoms with E-state index in [-0.39, 0.29) is 118 Å². The Kier molecular flexibility index (Phi) is 38.8. The molecule has 0 saturated heterocycles. The molecule has 150 heavy (non-hydrogen) atoms. The standard InChI is InChI=1S/C18H14O2.C18H20O2.C15H16O2.C14H10O2.C13H10O3.C13H12O2.C12H10O4S.C12H10O3.C12H10O2/c19-17-9-5-15(6-10-17)13-1-2-14(4-3-13)16-7-11-18(20)12-8-16;19-16-8-4-14(5-9-16)18(12-2-1-3-13-18)15-6-10-17(20)11-7-15;1-15(2,11-3-7-13(16)8-4-11)12-5-9-14(17)10-6-12;15-13-7-3-11(4-8-13)1-2-12-5-9-14(16)10-6-12;14-11-5-1-9(2-6-11)13(16)10-3-7-12(15)8-4-10;14-12-5-1-10(2-6-12)9-11-3-7-13(15)8-4-11;13-9-1-5-11(6-2-9)17(15,16)12-7-3-10(14)4-8-12;13-9-1-5-11(6-2-9)15-12-7-3-10(14)4-8-12;13-11-5-1-9(2-6-11)10-3-7-12(14)8-4-10/h1-12,19-20H;4-11,19-20H,1-3,12-13H2;3-10,16-17H,1-2H3;3-10,15-16H;1-8,14-15H;1-8,14-15H,9H2;1-8,13-14H;1-8,13-14H;1-8,13-14H. The normalized spacial score (nSPS) is 11.3. The average Bonchev–Trinajstić information content (AvgIpc) is 0.770. The van der Waals surface area contributed by atoms with Gasteiger partial charge in [0.1, 0.15) is 115 Å². The highest BCUT2D eigenvalue weighted by molar-refractivity contribution is 7.91. The zero-order valence-corrected chi connectivity index (χ0v) is 82.5. The van der Waals surface area contributed by atoms with Crippen LogP contribution < -0.4 is 4.74 Å². The van der Waals surface area contributed by atoms with Gasteiger partial charge in [-0.25, -0.2) is 8.42 Å². The summed E-state index contributed by atoms with van der Waals surface area (Å²) in [5.74, 6) is 11.0. The van der Waals surface area contributed by atoms with E-state index < -0.39 is 9.84 Å². The molecule has 18 N–H and O–H groups in total. The maximum atomic E-state index is 12.1. The van der Waals surface area contributed by atoms with Gasteiger partial charge in [-0.2, -0.15) is 0 Å². The molecule has 0 aliphatic heterocycles. The van der Waals surface area contributed by atoms with Crippen LogP contribution in [0.1, 0.15) is 106 Å². The van der Waals surface area contributed by atoms with E-state index in [1.165, 1.54) is 103 Å². The highest BCUT2D eigenvalue weighted by Crippen LogP contribution is 2.46. The van der Waals surface area contributed by atoms with Crippen LogP contribution in [0.25, 0.3) is 33.4 Å². The molecular formula is C127H112O22S. The molecule has 0 aromatic heterocycles. The molecule has 1 saturated carbocycles. The summed E-state index contributed by atoms with van der Waals surface area (Å²) < 4.78 is 29.7. The van der Waals surface area contributed by atoms with E-state index in [1.54, 1.807) is 243 Å². The van der Waals surface area contributed by atoms with Crippen molar-refractivity contribution in [3.8, 4) is 160 Å². The maximum Gasteiger partial charge on any atom is 0.206 e. The minimum absolute atomic E-state index is 0.00894. The smallest absolute Gasteiger partial charge is 0.206 e. The van der Waals surface area contributed by atoms with E-state index in [0.717, 1.165) is 86.0 Å². The number of hydrogen-bond donors (Lipinski definition) is 18. The minimum atomic E-state index is -3.59. The van der Waals surface area contributed by atoms with Gasteiger partial charge < -0.3 is 96.7 Å². The summed E-state index contributed by atoms with van der Waals surface area (Å²) in [4.78, 5) is 12.1. The molecule has 0 unspecified atom stereocenters. The van der Waals surface area contributed by atoms with Crippen molar-refractivity contribution in [3.63, 3.8) is 0 Å². The third-order valence-corrected chi connectivity index (χ3v) is 25.7. The molecule has 0 heterocycles. The van der Waals surface area contributed by atoms with Crippen molar-refractivity contribution >= 4 is 15.6 Å². The maximum absolute atomic E-state index is 12.1. The number of phenolic OH excluding ortho intramolecular Hbond substituents is 18. The third-order valence-electron chi connectivity index (χ3n) is 23.9. The van der Waals surface area contributed by atoms with Crippen LogP contribution in [0.4, 0.5) is 0 Å². The SMILES string of the molecule is CC(C)(c1ccc(O)cc1)c1ccc(O)cc1.O=C(c1ccc(O)cc1)c1ccc(O)cc1.O=S(=O)(c1ccc(O)cc1)c1ccc(O)cc1.Oc1ccc(-c2ccc(-c3ccc(O)cc3)cc2)cc1.Oc1ccc(-c2ccc(O)cc2)cc1.Oc1ccc(C#Cc2ccc(O)cc2)cc1.Oc1ccc(C2(c3ccc(O)cc3)CCCCC2)cc1.Oc1ccc(Cc2ccc(O)cc2)cc1.Oc1ccc(Oc2ccc(O)cc2)cc1. The number of benzene rings is 19. The molecule has 0 bridgehead atoms. The Morgan fingerprint density at radius 1 is 0.240 bits per heavy atom. The van der Waals surface area contributed by atoms with Gasteiger partial charge in [0.2, 0.25) is 9.84 Å². The van der Waals surface area contributed by atoms with E-state index in [1.807, 2.05) is 121 Å². The Morgan fingerprint density at radius 3 is 0.667 bits per heavy atom. The Labute approximate surface area is 869 Å². The number of carbonyl (C=O) groups excluding carboxylic acids is 1. The highest BCUT2D eigenvalue weighted by atomic mass is 32.2. The predicted octanol–water partition coefficient (Wildman–Crippen LogP) is 27.3. The Balaban J connectivity index is 0.000000150. The van der Waals surface area contributed by atoms with Crippen LogP contribution in [0, 0.1) is 11.8 Å². The monoisotopic (exact) mass is 2020 g/mol. The van der Waals surface area contributed by atoms with Crippen molar-refractivity contribution in [1.82, 2.24) is 0 Å². The van der Waals surface area contributed by atoms with Crippen molar-refractivity contribution in [2.24, 2.45) is 0 Å². The number of aromatic hydroxyl groups is 18. The van der Waals surface area contributed by atoms with Gasteiger partial charge >= 0.3 is 0 Å². The zero-order chi connectivity index (χ0) is 107. The van der Waals surface area contributed by atoms with Crippen LogP contribution in [0.5, 0.6) is 115 Å². The fourth-order valence-corrected chi connectivity index (χ4v) is 16.8. The molecule has 19 aromatic rings. The number of ether oxygens (including phenoxy) is 1. The van der Waals surface area contributed by atoms with E-state index in [2.05, 4.69) is 50.0 Å². The van der Waals surface area contributed by atoms with Crippen molar-refractivity contribution in [3.05, 3.63) is 517 Å². The van der Waals surface area contributed by atoms with Crippen molar-refractivity contribution in [2.75, 3.05) is 0 Å². The average molecular weight is 2020 g/mol. The quantitative estimate of drug-likeness (QED) is 0.0335. The number of phenols is 18. The highest BCUT2D eigenvalue weighted by Gasteiger charge is 2.36. The summed E-state index contributed by atoms with van der Waals surface area (Å²) in [5.41, 5.74) is 16.0. The van der Waals surface area contributed by atoms with Crippen LogP contribution in [0.2, 0.25) is 0 Å². The van der Waals surface area contributed by atoms with Gasteiger partial charge in [0.05, 0.1) is 9.79 Å². The number of ketones is 1. The van der Waals surface area contributed by atoms with E-state index >= 15 is 0 Å². The molecule has 0 amide bonds. The predicted molar refractivity (Wildman–Crippen MR) is 583 cm³/mol. The third kappa shape index (κ3) is 33.6. The number of hydrogen-bond acceptors (Lipinski definition) is 22. The number of sulfone groups is 1. The molecule has 1 aliphatic carbocycles. The number of rotatable bonds is 15. The first-order valence-electron chi connectivity index (χ1n) is 47.4. The van der Waals surface area contributed by atoms with Crippen LogP contribution >= 0.6 is 0 Å². The minimum Gasteiger partial charge on any atom is -0.508 e. The summed E-state index contributed by atoms with van der Waals surface area (Å²) in [6.07, 6.45) is 6.80. The molecular weight excluding hydrogens is 1910 g/mol. The molecule has 758 valence electrons. The van der Waals surface area contributed by atoms with Gasteiger partial charge in [0.25, 0.3) is 0 Å². The Hall–Kier alpha value is -19.4. The molecule has 0 radical (unpaired) electrons. The Morgan fingerprint density at radius 2 is 0.427 bits per heavy atom. The van der Waals surface area contributed by atoms with Gasteiger partial charge in [0, 0.05) is 33.1 Å². The van der Waals surface area contributed by atoms with Crippen LogP contribution in [-0.4, -0.2) is 106 Å². The lowest BCUT2D eigenvalue weighted by molar-refractivity contribution is 0.103. The molecule has 1 fully saturated rings. The second kappa shape index (κ2) is 53.2. The molecule has 1 aliphatic rings. The van der Waals surface area contributed by atoms with Gasteiger partial charge in [-0.3, -0.25) is 4.79 Å². The van der Waals surface area contributed by atoms with Crippen LogP contribution in [0.15, 0.2) is 471 Å². The lowest BCUT2D eigenvalue weighted by Gasteiger charge is -2.38. The van der Waals surface area contributed by atoms with Crippen LogP contribution in [0.3, 0.4) is 0 Å². The van der Waals surface area contributed by atoms with E-state index in [9.17, 15) is 43.9 Å². The first kappa shape index (κ1) is 109. The van der Waals surface area contributed by atoms with Gasteiger partial charge in [-0.1, -0.05) is 191 Å². The first-order chi connectivity index (χ1) is 72.1. The van der Waals surface area contributed by atoms with Gasteiger partial charge in [0.15, 0.2) is 5.78 Å². The second-order valence-corrected chi connectivity index (χ2v) is 37.0. The molecule has 22 nitrogen and oxygen atoms in total. The summed E-state index contributed by atoms with van der Waals surface area (Å²) in [6, 6.07) is 129. The van der Waals surface area contributed by atoms with Crippen molar-refractivity contribution < 1.29 is 110 Å².